The van der Waals surface area contributed by atoms with Crippen LogP contribution in [-0.4, -0.2) is 15.0 Å². The first kappa shape index (κ1) is 12.5. The number of para-hydroxylation sites is 2. The fourth-order valence-corrected chi connectivity index (χ4v) is 2.57. The van der Waals surface area contributed by atoms with Gasteiger partial charge in [-0.05, 0) is 25.1 Å². The Balaban J connectivity index is 2.06. The number of nitrogens with zero attached hydrogens (tertiary/aromatic N) is 4. The van der Waals surface area contributed by atoms with Crippen LogP contribution in [0.3, 0.4) is 0 Å². The second-order valence-corrected chi connectivity index (χ2v) is 5.11. The number of hydrogen-bond acceptors (Lipinski definition) is 5. The molecule has 0 aliphatic carbocycles. The maximum absolute atomic E-state index is 9.26. The average molecular weight is 278 g/mol. The molecule has 4 nitrogen and oxygen atoms in total. The second kappa shape index (κ2) is 5.19. The summed E-state index contributed by atoms with van der Waals surface area (Å²) in [6.45, 7) is 1.91. The van der Waals surface area contributed by atoms with Crippen molar-refractivity contribution >= 4 is 34.0 Å². The number of hydrogen-bond donors (Lipinski definition) is 0. The third kappa shape index (κ3) is 2.42. The first-order valence-corrected chi connectivity index (χ1v) is 6.90. The molecular weight excluding hydrogens is 268 g/mol. The molecule has 20 heavy (non-hydrogen) atoms. The lowest BCUT2D eigenvalue weighted by atomic mass is 10.2. The zero-order chi connectivity index (χ0) is 13.9. The molecule has 0 bridgehead atoms. The van der Waals surface area contributed by atoms with E-state index >= 15 is 0 Å². The summed E-state index contributed by atoms with van der Waals surface area (Å²) in [5.74, 6) is 0. The van der Waals surface area contributed by atoms with Crippen LogP contribution < -0.4 is 0 Å². The highest BCUT2D eigenvalue weighted by atomic mass is 32.1. The molecule has 0 atom stereocenters. The SMILES string of the molecule is Cc1csc(/C(C#N)=C/c2cnc3ccccc3n2)n1. The molecule has 0 aliphatic rings. The van der Waals surface area contributed by atoms with Gasteiger partial charge < -0.3 is 0 Å². The molecule has 0 saturated carbocycles. The molecule has 0 aliphatic heterocycles. The van der Waals surface area contributed by atoms with Gasteiger partial charge in [-0.3, -0.25) is 4.98 Å². The van der Waals surface area contributed by atoms with Crippen molar-refractivity contribution in [2.24, 2.45) is 0 Å². The van der Waals surface area contributed by atoms with Gasteiger partial charge in [0.05, 0.1) is 28.5 Å². The molecule has 3 aromatic rings. The molecule has 2 aromatic heterocycles. The number of rotatable bonds is 2. The second-order valence-electron chi connectivity index (χ2n) is 4.25. The van der Waals surface area contributed by atoms with E-state index in [1.807, 2.05) is 36.6 Å². The van der Waals surface area contributed by atoms with Crippen molar-refractivity contribution in [3.63, 3.8) is 0 Å². The van der Waals surface area contributed by atoms with E-state index in [1.165, 1.54) is 11.3 Å². The summed E-state index contributed by atoms with van der Waals surface area (Å²) >= 11 is 1.46. The number of fused-ring (bicyclic) bond motifs is 1. The molecule has 0 spiro atoms. The van der Waals surface area contributed by atoms with Crippen molar-refractivity contribution in [2.75, 3.05) is 0 Å². The smallest absolute Gasteiger partial charge is 0.134 e. The maximum atomic E-state index is 9.26. The molecule has 0 saturated heterocycles. The molecular formula is C15H10N4S. The number of benzene rings is 1. The van der Waals surface area contributed by atoms with Crippen LogP contribution in [0.4, 0.5) is 0 Å². The highest BCUT2D eigenvalue weighted by Crippen LogP contribution is 2.21. The van der Waals surface area contributed by atoms with Gasteiger partial charge >= 0.3 is 0 Å². The van der Waals surface area contributed by atoms with Crippen LogP contribution in [0.25, 0.3) is 22.7 Å². The lowest BCUT2D eigenvalue weighted by Gasteiger charge is -1.98. The van der Waals surface area contributed by atoms with Crippen LogP contribution in [0, 0.1) is 18.3 Å². The normalized spacial score (nSPS) is 11.5. The van der Waals surface area contributed by atoms with Gasteiger partial charge in [-0.2, -0.15) is 5.26 Å². The number of thiazole rings is 1. The third-order valence-corrected chi connectivity index (χ3v) is 3.72. The van der Waals surface area contributed by atoms with E-state index < -0.39 is 0 Å². The first-order chi connectivity index (χ1) is 9.76. The minimum Gasteiger partial charge on any atom is -0.252 e. The van der Waals surface area contributed by atoms with Crippen molar-refractivity contribution in [1.82, 2.24) is 15.0 Å². The zero-order valence-electron chi connectivity index (χ0n) is 10.7. The van der Waals surface area contributed by atoms with E-state index in [-0.39, 0.29) is 0 Å². The van der Waals surface area contributed by atoms with Crippen molar-refractivity contribution in [1.29, 1.82) is 5.26 Å². The van der Waals surface area contributed by atoms with Gasteiger partial charge in [-0.25, -0.2) is 9.97 Å². The lowest BCUT2D eigenvalue weighted by molar-refractivity contribution is 1.24. The average Bonchev–Trinajstić information content (AvgIpc) is 2.91. The van der Waals surface area contributed by atoms with Crippen molar-refractivity contribution in [3.05, 3.63) is 52.2 Å². The van der Waals surface area contributed by atoms with E-state index in [0.29, 0.717) is 16.3 Å². The Bertz CT molecular complexity index is 842. The van der Waals surface area contributed by atoms with E-state index in [0.717, 1.165) is 16.7 Å². The largest absolute Gasteiger partial charge is 0.252 e. The van der Waals surface area contributed by atoms with Gasteiger partial charge in [-0.15, -0.1) is 11.3 Å². The summed E-state index contributed by atoms with van der Waals surface area (Å²) in [5, 5.41) is 11.9. The highest BCUT2D eigenvalue weighted by Gasteiger charge is 2.06. The zero-order valence-corrected chi connectivity index (χ0v) is 11.6. The van der Waals surface area contributed by atoms with Crippen molar-refractivity contribution in [3.8, 4) is 6.07 Å². The molecule has 0 amide bonds. The van der Waals surface area contributed by atoms with E-state index in [9.17, 15) is 5.26 Å². The molecule has 0 N–H and O–H groups in total. The number of aromatic nitrogens is 3. The van der Waals surface area contributed by atoms with Crippen LogP contribution in [0.15, 0.2) is 35.8 Å². The van der Waals surface area contributed by atoms with Gasteiger partial charge in [0, 0.05) is 11.1 Å². The summed E-state index contributed by atoms with van der Waals surface area (Å²) in [6.07, 6.45) is 3.39. The molecule has 0 unspecified atom stereocenters. The van der Waals surface area contributed by atoms with E-state index in [1.54, 1.807) is 12.3 Å². The molecule has 3 rings (SSSR count). The number of nitriles is 1. The van der Waals surface area contributed by atoms with Crippen molar-refractivity contribution in [2.45, 2.75) is 6.92 Å². The van der Waals surface area contributed by atoms with Gasteiger partial charge in [-0.1, -0.05) is 12.1 Å². The molecule has 0 radical (unpaired) electrons. The first-order valence-electron chi connectivity index (χ1n) is 6.02. The minimum atomic E-state index is 0.507. The van der Waals surface area contributed by atoms with Crippen LogP contribution in [-0.2, 0) is 0 Å². The van der Waals surface area contributed by atoms with Crippen LogP contribution in [0.5, 0.6) is 0 Å². The summed E-state index contributed by atoms with van der Waals surface area (Å²) in [4.78, 5) is 13.1. The minimum absolute atomic E-state index is 0.507. The summed E-state index contributed by atoms with van der Waals surface area (Å²) < 4.78 is 0. The Hall–Kier alpha value is -2.58. The predicted octanol–water partition coefficient (Wildman–Crippen LogP) is 3.46. The molecule has 96 valence electrons. The number of allylic oxidation sites excluding steroid dienone is 1. The Kier molecular flexibility index (Phi) is 3.23. The Morgan fingerprint density at radius 1 is 1.25 bits per heavy atom. The van der Waals surface area contributed by atoms with Gasteiger partial charge in [0.15, 0.2) is 0 Å². The topological polar surface area (TPSA) is 62.5 Å². The monoisotopic (exact) mass is 278 g/mol. The van der Waals surface area contributed by atoms with E-state index in [4.69, 9.17) is 0 Å². The van der Waals surface area contributed by atoms with Gasteiger partial charge in [0.25, 0.3) is 0 Å². The van der Waals surface area contributed by atoms with Crippen LogP contribution in [0.1, 0.15) is 16.4 Å². The van der Waals surface area contributed by atoms with Crippen LogP contribution >= 0.6 is 11.3 Å². The standard InChI is InChI=1S/C15H10N4S/c1-10-9-20-15(18-10)11(7-16)6-12-8-17-13-4-2-3-5-14(13)19-12/h2-6,8-9H,1H3/b11-6+. The Morgan fingerprint density at radius 3 is 2.75 bits per heavy atom. The Morgan fingerprint density at radius 2 is 2.05 bits per heavy atom. The fourth-order valence-electron chi connectivity index (χ4n) is 1.81. The van der Waals surface area contributed by atoms with Gasteiger partial charge in [0.1, 0.15) is 11.1 Å². The predicted molar refractivity (Wildman–Crippen MR) is 79.9 cm³/mol. The van der Waals surface area contributed by atoms with E-state index in [2.05, 4.69) is 21.0 Å². The number of aryl methyl sites for hydroxylation is 1. The molecule has 1 aromatic carbocycles. The lowest BCUT2D eigenvalue weighted by Crippen LogP contribution is -1.88. The maximum Gasteiger partial charge on any atom is 0.134 e. The van der Waals surface area contributed by atoms with Crippen LogP contribution in [0.2, 0.25) is 0 Å². The quantitative estimate of drug-likeness (QED) is 0.673. The Labute approximate surface area is 120 Å². The fraction of sp³-hybridized carbons (Fsp3) is 0.0667. The molecule has 0 fully saturated rings. The third-order valence-electron chi connectivity index (χ3n) is 2.73. The summed E-state index contributed by atoms with van der Waals surface area (Å²) in [7, 11) is 0. The summed E-state index contributed by atoms with van der Waals surface area (Å²) in [6, 6.07) is 9.82. The van der Waals surface area contributed by atoms with Crippen molar-refractivity contribution < 1.29 is 0 Å². The molecule has 2 heterocycles. The highest BCUT2D eigenvalue weighted by molar-refractivity contribution is 7.11. The van der Waals surface area contributed by atoms with Gasteiger partial charge in [0.2, 0.25) is 0 Å². The molecule has 5 heteroatoms. The summed E-state index contributed by atoms with van der Waals surface area (Å²) in [5.41, 5.74) is 3.73.